The van der Waals surface area contributed by atoms with Crippen LogP contribution in [0.4, 0.5) is 5.69 Å². The standard InChI is InChI=1S/C13H17ClN2O2/c1-2-15-13(18)10-5-3-6-11(9-10)16-12(17)7-4-8-14/h3,5-6,9H,2,4,7-8H2,1H3,(H,15,18)(H,16,17). The lowest BCUT2D eigenvalue weighted by Gasteiger charge is -2.07. The topological polar surface area (TPSA) is 58.2 Å². The van der Waals surface area contributed by atoms with Gasteiger partial charge >= 0.3 is 0 Å². The van der Waals surface area contributed by atoms with Crippen LogP contribution in [0.2, 0.25) is 0 Å². The molecule has 0 aliphatic heterocycles. The summed E-state index contributed by atoms with van der Waals surface area (Å²) in [5, 5.41) is 5.44. The molecule has 2 amide bonds. The summed E-state index contributed by atoms with van der Waals surface area (Å²) in [6.45, 7) is 2.43. The van der Waals surface area contributed by atoms with E-state index in [1.165, 1.54) is 0 Å². The minimum absolute atomic E-state index is 0.0938. The SMILES string of the molecule is CCNC(=O)c1cccc(NC(=O)CCCCl)c1. The molecule has 0 atom stereocenters. The number of nitrogens with one attached hydrogen (secondary N) is 2. The van der Waals surface area contributed by atoms with E-state index >= 15 is 0 Å². The number of benzene rings is 1. The van der Waals surface area contributed by atoms with Crippen molar-refractivity contribution in [1.82, 2.24) is 5.32 Å². The van der Waals surface area contributed by atoms with E-state index in [4.69, 9.17) is 11.6 Å². The summed E-state index contributed by atoms with van der Waals surface area (Å²) in [7, 11) is 0. The number of hydrogen-bond donors (Lipinski definition) is 2. The Morgan fingerprint density at radius 2 is 2.11 bits per heavy atom. The molecule has 5 heteroatoms. The Hall–Kier alpha value is -1.55. The maximum absolute atomic E-state index is 11.6. The van der Waals surface area contributed by atoms with Crippen molar-refractivity contribution in [2.75, 3.05) is 17.7 Å². The van der Waals surface area contributed by atoms with Gasteiger partial charge in [0.1, 0.15) is 0 Å². The van der Waals surface area contributed by atoms with Crippen LogP contribution in [0.5, 0.6) is 0 Å². The molecule has 1 aromatic carbocycles. The molecule has 0 heterocycles. The molecule has 0 radical (unpaired) electrons. The largest absolute Gasteiger partial charge is 0.352 e. The van der Waals surface area contributed by atoms with Crippen molar-refractivity contribution < 1.29 is 9.59 Å². The number of carbonyl (C=O) groups excluding carboxylic acids is 2. The Morgan fingerprint density at radius 1 is 1.33 bits per heavy atom. The van der Waals surface area contributed by atoms with Crippen LogP contribution in [-0.2, 0) is 4.79 Å². The molecule has 0 saturated heterocycles. The van der Waals surface area contributed by atoms with Crippen molar-refractivity contribution in [2.45, 2.75) is 19.8 Å². The third kappa shape index (κ3) is 4.75. The maximum atomic E-state index is 11.6. The lowest BCUT2D eigenvalue weighted by molar-refractivity contribution is -0.116. The molecule has 1 rings (SSSR count). The average molecular weight is 269 g/mol. The second-order valence-corrected chi connectivity index (χ2v) is 4.16. The van der Waals surface area contributed by atoms with Crippen molar-refractivity contribution >= 4 is 29.1 Å². The molecule has 4 nitrogen and oxygen atoms in total. The van der Waals surface area contributed by atoms with Gasteiger partial charge in [0.05, 0.1) is 0 Å². The van der Waals surface area contributed by atoms with Crippen LogP contribution < -0.4 is 10.6 Å². The summed E-state index contributed by atoms with van der Waals surface area (Å²) in [6, 6.07) is 6.85. The summed E-state index contributed by atoms with van der Waals surface area (Å²) in [5.74, 6) is 0.227. The van der Waals surface area contributed by atoms with E-state index in [0.717, 1.165) is 0 Å². The van der Waals surface area contributed by atoms with Gasteiger partial charge in [-0.1, -0.05) is 6.07 Å². The number of amides is 2. The molecule has 0 bridgehead atoms. The third-order valence-electron chi connectivity index (χ3n) is 2.28. The predicted molar refractivity (Wildman–Crippen MR) is 73.0 cm³/mol. The van der Waals surface area contributed by atoms with E-state index < -0.39 is 0 Å². The lowest BCUT2D eigenvalue weighted by atomic mass is 10.2. The molecule has 0 aliphatic rings. The van der Waals surface area contributed by atoms with E-state index in [9.17, 15) is 9.59 Å². The highest BCUT2D eigenvalue weighted by Gasteiger charge is 2.06. The molecule has 2 N–H and O–H groups in total. The Kier molecular flexibility index (Phi) is 6.22. The van der Waals surface area contributed by atoms with E-state index in [1.807, 2.05) is 6.92 Å². The van der Waals surface area contributed by atoms with E-state index in [1.54, 1.807) is 24.3 Å². The van der Waals surface area contributed by atoms with E-state index in [2.05, 4.69) is 10.6 Å². The maximum Gasteiger partial charge on any atom is 0.251 e. The minimum atomic E-state index is -0.144. The fourth-order valence-corrected chi connectivity index (χ4v) is 1.59. The first-order valence-corrected chi connectivity index (χ1v) is 6.45. The number of alkyl halides is 1. The Bertz CT molecular complexity index is 421. The van der Waals surface area contributed by atoms with Gasteiger partial charge < -0.3 is 10.6 Å². The van der Waals surface area contributed by atoms with Gasteiger partial charge in [0.2, 0.25) is 5.91 Å². The normalized spacial score (nSPS) is 9.89. The van der Waals surface area contributed by atoms with Crippen molar-refractivity contribution in [3.05, 3.63) is 29.8 Å². The Balaban J connectivity index is 2.64. The van der Waals surface area contributed by atoms with Crippen LogP contribution in [0, 0.1) is 0 Å². The number of carbonyl (C=O) groups is 2. The molecular formula is C13H17ClN2O2. The zero-order valence-electron chi connectivity index (χ0n) is 10.3. The van der Waals surface area contributed by atoms with Crippen LogP contribution in [0.15, 0.2) is 24.3 Å². The molecule has 0 spiro atoms. The lowest BCUT2D eigenvalue weighted by Crippen LogP contribution is -2.22. The number of anilines is 1. The van der Waals surface area contributed by atoms with Gasteiger partial charge in [0, 0.05) is 30.1 Å². The summed E-state index contributed by atoms with van der Waals surface area (Å²) in [6.07, 6.45) is 1.03. The fraction of sp³-hybridized carbons (Fsp3) is 0.385. The molecular weight excluding hydrogens is 252 g/mol. The number of halogens is 1. The molecule has 0 saturated carbocycles. The van der Waals surface area contributed by atoms with Gasteiger partial charge in [-0.05, 0) is 31.5 Å². The highest BCUT2D eigenvalue weighted by Crippen LogP contribution is 2.11. The highest BCUT2D eigenvalue weighted by molar-refractivity contribution is 6.18. The Labute approximate surface area is 112 Å². The quantitative estimate of drug-likeness (QED) is 0.779. The zero-order valence-corrected chi connectivity index (χ0v) is 11.1. The van der Waals surface area contributed by atoms with Crippen molar-refractivity contribution in [3.63, 3.8) is 0 Å². The van der Waals surface area contributed by atoms with E-state index in [0.29, 0.717) is 36.5 Å². The summed E-state index contributed by atoms with van der Waals surface area (Å²) in [4.78, 5) is 23.1. The third-order valence-corrected chi connectivity index (χ3v) is 2.55. The van der Waals surface area contributed by atoms with Gasteiger partial charge in [-0.3, -0.25) is 9.59 Å². The first kappa shape index (κ1) is 14.5. The molecule has 0 aliphatic carbocycles. The van der Waals surface area contributed by atoms with Crippen molar-refractivity contribution in [1.29, 1.82) is 0 Å². The minimum Gasteiger partial charge on any atom is -0.352 e. The monoisotopic (exact) mass is 268 g/mol. The van der Waals surface area contributed by atoms with Crippen LogP contribution in [0.25, 0.3) is 0 Å². The van der Waals surface area contributed by atoms with Gasteiger partial charge in [-0.15, -0.1) is 11.6 Å². The first-order valence-electron chi connectivity index (χ1n) is 5.91. The predicted octanol–water partition coefficient (Wildman–Crippen LogP) is 2.39. The summed E-state index contributed by atoms with van der Waals surface area (Å²) >= 11 is 5.52. The first-order chi connectivity index (χ1) is 8.67. The zero-order chi connectivity index (χ0) is 13.4. The van der Waals surface area contributed by atoms with Crippen LogP contribution in [-0.4, -0.2) is 24.2 Å². The van der Waals surface area contributed by atoms with Gasteiger partial charge in [-0.25, -0.2) is 0 Å². The van der Waals surface area contributed by atoms with Crippen LogP contribution >= 0.6 is 11.6 Å². The van der Waals surface area contributed by atoms with Gasteiger partial charge in [-0.2, -0.15) is 0 Å². The number of rotatable bonds is 6. The fourth-order valence-electron chi connectivity index (χ4n) is 1.45. The molecule has 0 unspecified atom stereocenters. The molecule has 1 aromatic rings. The smallest absolute Gasteiger partial charge is 0.251 e. The van der Waals surface area contributed by atoms with Crippen molar-refractivity contribution in [2.24, 2.45) is 0 Å². The second-order valence-electron chi connectivity index (χ2n) is 3.78. The summed E-state index contributed by atoms with van der Waals surface area (Å²) < 4.78 is 0. The van der Waals surface area contributed by atoms with E-state index in [-0.39, 0.29) is 11.8 Å². The van der Waals surface area contributed by atoms with Crippen molar-refractivity contribution in [3.8, 4) is 0 Å². The van der Waals surface area contributed by atoms with Gasteiger partial charge in [0.15, 0.2) is 0 Å². The average Bonchev–Trinajstić information content (AvgIpc) is 2.37. The molecule has 18 heavy (non-hydrogen) atoms. The van der Waals surface area contributed by atoms with Gasteiger partial charge in [0.25, 0.3) is 5.91 Å². The van der Waals surface area contributed by atoms with Crippen LogP contribution in [0.3, 0.4) is 0 Å². The molecule has 98 valence electrons. The Morgan fingerprint density at radius 3 is 2.78 bits per heavy atom. The molecule has 0 aromatic heterocycles. The van der Waals surface area contributed by atoms with Crippen LogP contribution in [0.1, 0.15) is 30.1 Å². The number of hydrogen-bond acceptors (Lipinski definition) is 2. The second kappa shape index (κ2) is 7.71. The molecule has 0 fully saturated rings. The summed E-state index contributed by atoms with van der Waals surface area (Å²) in [5.41, 5.74) is 1.16. The highest BCUT2D eigenvalue weighted by atomic mass is 35.5.